The van der Waals surface area contributed by atoms with Crippen LogP contribution < -0.4 is 0 Å². The molecular formula is C23H16IO3S-. The molecule has 0 aliphatic heterocycles. The number of halogens is 1. The van der Waals surface area contributed by atoms with Crippen LogP contribution in [0.3, 0.4) is 0 Å². The molecule has 0 fully saturated rings. The van der Waals surface area contributed by atoms with Crippen molar-refractivity contribution >= 4 is 65.0 Å². The first-order chi connectivity index (χ1) is 13.3. The maximum atomic E-state index is 11.4. The van der Waals surface area contributed by atoms with E-state index in [-0.39, 0.29) is 4.90 Å². The second kappa shape index (κ2) is 7.31. The molecule has 140 valence electrons. The molecule has 28 heavy (non-hydrogen) atoms. The van der Waals surface area contributed by atoms with Gasteiger partial charge in [-0.3, -0.25) is 0 Å². The van der Waals surface area contributed by atoms with Crippen LogP contribution in [-0.4, -0.2) is 13.0 Å². The minimum Gasteiger partial charge on any atom is -0.744 e. The normalized spacial score (nSPS) is 11.7. The fraction of sp³-hybridized carbons (Fsp3) is 0.0435. The zero-order chi connectivity index (χ0) is 19.9. The van der Waals surface area contributed by atoms with E-state index in [1.807, 2.05) is 36.4 Å². The van der Waals surface area contributed by atoms with Crippen LogP contribution in [0.5, 0.6) is 0 Å². The van der Waals surface area contributed by atoms with Crippen LogP contribution in [0, 0.1) is 10.5 Å². The molecule has 5 heteroatoms. The Morgan fingerprint density at radius 2 is 1.25 bits per heavy atom. The Morgan fingerprint density at radius 3 is 1.82 bits per heavy atom. The Bertz CT molecular complexity index is 1350. The maximum Gasteiger partial charge on any atom is 0.125 e. The van der Waals surface area contributed by atoms with Gasteiger partial charge in [0.2, 0.25) is 0 Å². The van der Waals surface area contributed by atoms with Crippen LogP contribution in [0.1, 0.15) is 5.56 Å². The fourth-order valence-corrected chi connectivity index (χ4v) is 4.49. The van der Waals surface area contributed by atoms with E-state index in [2.05, 4.69) is 53.8 Å². The quantitative estimate of drug-likeness (QED) is 0.159. The lowest BCUT2D eigenvalue weighted by Crippen LogP contribution is -2.00. The molecule has 0 spiro atoms. The summed E-state index contributed by atoms with van der Waals surface area (Å²) in [4.78, 5) is -0.150. The highest BCUT2D eigenvalue weighted by molar-refractivity contribution is 14.1. The van der Waals surface area contributed by atoms with Gasteiger partial charge in [0.1, 0.15) is 10.1 Å². The Labute approximate surface area is 177 Å². The molecule has 0 radical (unpaired) electrons. The molecule has 0 saturated carbocycles. The molecule has 0 aliphatic rings. The summed E-state index contributed by atoms with van der Waals surface area (Å²) in [5, 5.41) is 5.38. The lowest BCUT2D eigenvalue weighted by Gasteiger charge is -2.15. The second-order valence-corrected chi connectivity index (χ2v) is 9.26. The number of hydrogen-bond acceptors (Lipinski definition) is 3. The number of rotatable bonds is 1. The van der Waals surface area contributed by atoms with Gasteiger partial charge in [0.25, 0.3) is 0 Å². The smallest absolute Gasteiger partial charge is 0.125 e. The Kier molecular flexibility index (Phi) is 4.99. The summed E-state index contributed by atoms with van der Waals surface area (Å²) >= 11 is 2.30. The molecule has 0 heterocycles. The lowest BCUT2D eigenvalue weighted by atomic mass is 9.94. The molecule has 0 unspecified atom stereocenters. The average molecular weight is 499 g/mol. The van der Waals surface area contributed by atoms with Gasteiger partial charge in [-0.2, -0.15) is 0 Å². The third-order valence-corrected chi connectivity index (χ3v) is 6.38. The standard InChI is InChI=1S/C16H10O3S.C7H7I/c17-20(18,19)14-9-7-12-5-4-10-2-1-3-11-6-8-13(14)16(12)15(10)11;1-6-2-4-7(8)5-3-6/h1-9H,(H,17,18,19);2-5H,1H3/p-1. The molecule has 5 aromatic carbocycles. The molecule has 3 nitrogen and oxygen atoms in total. The molecule has 5 aromatic rings. The summed E-state index contributed by atoms with van der Waals surface area (Å²) in [5.74, 6) is 0. The molecule has 0 aromatic heterocycles. The van der Waals surface area contributed by atoms with Crippen molar-refractivity contribution in [2.24, 2.45) is 0 Å². The molecule has 0 atom stereocenters. The summed E-state index contributed by atoms with van der Waals surface area (Å²) in [6, 6.07) is 25.0. The number of benzene rings is 5. The van der Waals surface area contributed by atoms with Gasteiger partial charge in [-0.15, -0.1) is 0 Å². The summed E-state index contributed by atoms with van der Waals surface area (Å²) in [5.41, 5.74) is 1.32. The SMILES string of the molecule is Cc1ccc(I)cc1.O=S(=O)([O-])c1ccc2ccc3cccc4ccc1c2c34. The lowest BCUT2D eigenvalue weighted by molar-refractivity contribution is 0.464. The predicted octanol–water partition coefficient (Wildman–Crippen LogP) is 6.09. The van der Waals surface area contributed by atoms with E-state index in [4.69, 9.17) is 0 Å². The van der Waals surface area contributed by atoms with Crippen molar-refractivity contribution in [3.05, 3.63) is 88.0 Å². The van der Waals surface area contributed by atoms with E-state index in [0.29, 0.717) is 5.39 Å². The second-order valence-electron chi connectivity index (χ2n) is 6.67. The number of aryl methyl sites for hydroxylation is 1. The van der Waals surface area contributed by atoms with Crippen LogP contribution in [0.2, 0.25) is 0 Å². The molecular weight excluding hydrogens is 483 g/mol. The van der Waals surface area contributed by atoms with Crippen molar-refractivity contribution in [2.45, 2.75) is 11.8 Å². The van der Waals surface area contributed by atoms with E-state index in [1.165, 1.54) is 15.2 Å². The van der Waals surface area contributed by atoms with Crippen molar-refractivity contribution in [3.63, 3.8) is 0 Å². The van der Waals surface area contributed by atoms with Crippen molar-refractivity contribution in [2.75, 3.05) is 0 Å². The van der Waals surface area contributed by atoms with E-state index in [1.54, 1.807) is 12.1 Å². The van der Waals surface area contributed by atoms with Gasteiger partial charge < -0.3 is 4.55 Å². The van der Waals surface area contributed by atoms with Gasteiger partial charge in [-0.25, -0.2) is 8.42 Å². The third kappa shape index (κ3) is 3.57. The third-order valence-electron chi connectivity index (χ3n) is 4.77. The van der Waals surface area contributed by atoms with Crippen molar-refractivity contribution in [3.8, 4) is 0 Å². The molecule has 0 saturated heterocycles. The van der Waals surface area contributed by atoms with Gasteiger partial charge in [-0.05, 0) is 74.6 Å². The zero-order valence-corrected chi connectivity index (χ0v) is 18.0. The van der Waals surface area contributed by atoms with Crippen LogP contribution in [0.15, 0.2) is 83.8 Å². The summed E-state index contributed by atoms with van der Waals surface area (Å²) in [7, 11) is -4.48. The first-order valence-electron chi connectivity index (χ1n) is 8.69. The average Bonchev–Trinajstić information content (AvgIpc) is 2.68. The Hall–Kier alpha value is -2.22. The van der Waals surface area contributed by atoms with Crippen molar-refractivity contribution < 1.29 is 13.0 Å². The number of hydrogen-bond donors (Lipinski definition) is 0. The fourth-order valence-electron chi connectivity index (χ4n) is 3.46. The van der Waals surface area contributed by atoms with E-state index in [0.717, 1.165) is 26.9 Å². The monoisotopic (exact) mass is 499 g/mol. The molecule has 0 aliphatic carbocycles. The Morgan fingerprint density at radius 1 is 0.714 bits per heavy atom. The van der Waals surface area contributed by atoms with Crippen molar-refractivity contribution in [1.82, 2.24) is 0 Å². The van der Waals surface area contributed by atoms with Gasteiger partial charge in [0.05, 0.1) is 4.90 Å². The van der Waals surface area contributed by atoms with Crippen LogP contribution in [0.4, 0.5) is 0 Å². The Balaban J connectivity index is 0.000000203. The molecule has 0 amide bonds. The minimum absolute atomic E-state index is 0.150. The molecule has 0 bridgehead atoms. The highest BCUT2D eigenvalue weighted by Crippen LogP contribution is 2.36. The van der Waals surface area contributed by atoms with Gasteiger partial charge in [-0.1, -0.05) is 66.2 Å². The first kappa shape index (κ1) is 19.1. The predicted molar refractivity (Wildman–Crippen MR) is 122 cm³/mol. The largest absolute Gasteiger partial charge is 0.744 e. The summed E-state index contributed by atoms with van der Waals surface area (Å²) in [6.07, 6.45) is 0. The highest BCUT2D eigenvalue weighted by atomic mass is 127. The maximum absolute atomic E-state index is 11.4. The summed E-state index contributed by atoms with van der Waals surface area (Å²) in [6.45, 7) is 2.09. The molecule has 0 N–H and O–H groups in total. The van der Waals surface area contributed by atoms with Crippen molar-refractivity contribution in [1.29, 1.82) is 0 Å². The zero-order valence-electron chi connectivity index (χ0n) is 15.0. The minimum atomic E-state index is -4.48. The van der Waals surface area contributed by atoms with Gasteiger partial charge >= 0.3 is 0 Å². The van der Waals surface area contributed by atoms with Crippen LogP contribution in [-0.2, 0) is 10.1 Å². The van der Waals surface area contributed by atoms with E-state index < -0.39 is 10.1 Å². The topological polar surface area (TPSA) is 57.2 Å². The van der Waals surface area contributed by atoms with E-state index in [9.17, 15) is 13.0 Å². The van der Waals surface area contributed by atoms with Gasteiger partial charge in [0, 0.05) is 8.96 Å². The van der Waals surface area contributed by atoms with Crippen LogP contribution in [0.25, 0.3) is 32.3 Å². The molecule has 5 rings (SSSR count). The first-order valence-corrected chi connectivity index (χ1v) is 11.2. The summed E-state index contributed by atoms with van der Waals surface area (Å²) < 4.78 is 35.6. The van der Waals surface area contributed by atoms with Gasteiger partial charge in [0.15, 0.2) is 0 Å². The van der Waals surface area contributed by atoms with E-state index >= 15 is 0 Å². The van der Waals surface area contributed by atoms with Crippen LogP contribution >= 0.6 is 22.6 Å². The highest BCUT2D eigenvalue weighted by Gasteiger charge is 2.13.